The molecule has 0 aromatic carbocycles. The topological polar surface area (TPSA) is 3.24 Å². The number of nitrogens with zero attached hydrogens (tertiary/aromatic N) is 1. The molecule has 0 aliphatic carbocycles. The summed E-state index contributed by atoms with van der Waals surface area (Å²) in [5.41, 5.74) is 0.413. The van der Waals surface area contributed by atoms with Gasteiger partial charge in [0.25, 0.3) is 6.08 Å². The molecule has 1 unspecified atom stereocenters. The first-order valence-corrected chi connectivity index (χ1v) is 4.40. The van der Waals surface area contributed by atoms with Gasteiger partial charge in [-0.15, -0.1) is 0 Å². The van der Waals surface area contributed by atoms with Gasteiger partial charge in [0.15, 0.2) is 0 Å². The van der Waals surface area contributed by atoms with Crippen LogP contribution in [0, 0.1) is 0 Å². The van der Waals surface area contributed by atoms with Gasteiger partial charge in [0.1, 0.15) is 0 Å². The minimum atomic E-state index is -1.45. The smallest absolute Gasteiger partial charge is 0.270 e. The Morgan fingerprint density at radius 1 is 1.50 bits per heavy atom. The number of hydrogen-bond donors (Lipinski definition) is 0. The monoisotopic (exact) mass is 173 g/mol. The lowest BCUT2D eigenvalue weighted by atomic mass is 9.95. The van der Waals surface area contributed by atoms with Gasteiger partial charge in [0.2, 0.25) is 0 Å². The van der Waals surface area contributed by atoms with Crippen molar-refractivity contribution in [3.05, 3.63) is 11.7 Å². The predicted octanol–water partition coefficient (Wildman–Crippen LogP) is 2.40. The maximum atomic E-state index is 12.3. The second-order valence-electron chi connectivity index (χ2n) is 4.06. The summed E-state index contributed by atoms with van der Waals surface area (Å²) in [7, 11) is 0. The Hall–Kier alpha value is -0.440. The Bertz CT molecular complexity index is 233. The largest absolute Gasteiger partial charge is 0.293 e. The third kappa shape index (κ3) is 1.07. The fourth-order valence-corrected chi connectivity index (χ4v) is 2.42. The van der Waals surface area contributed by atoms with E-state index < -0.39 is 6.08 Å². The molecular formula is C9H13F2N. The molecule has 1 atom stereocenters. The molecule has 1 nitrogen and oxygen atoms in total. The third-order valence-corrected chi connectivity index (χ3v) is 3.15. The SMILES string of the molecule is CC12CCCN1CC(=C(F)F)C2. The zero-order chi connectivity index (χ0) is 8.77. The first kappa shape index (κ1) is 8.17. The third-order valence-electron chi connectivity index (χ3n) is 3.15. The van der Waals surface area contributed by atoms with Crippen molar-refractivity contribution < 1.29 is 8.78 Å². The molecule has 0 spiro atoms. The summed E-state index contributed by atoms with van der Waals surface area (Å²) in [6.45, 7) is 3.59. The number of hydrogen-bond acceptors (Lipinski definition) is 1. The van der Waals surface area contributed by atoms with Gasteiger partial charge in [0.05, 0.1) is 0 Å². The highest BCUT2D eigenvalue weighted by Crippen LogP contribution is 2.41. The molecule has 2 aliphatic heterocycles. The quantitative estimate of drug-likeness (QED) is 0.543. The van der Waals surface area contributed by atoms with E-state index in [1.54, 1.807) is 0 Å². The summed E-state index contributed by atoms with van der Waals surface area (Å²) in [5, 5.41) is 0. The standard InChI is InChI=1S/C9H13F2N/c1-9-3-2-4-12(9)6-7(5-9)8(10)11/h2-6H2,1H3. The highest BCUT2D eigenvalue weighted by molar-refractivity contribution is 5.19. The van der Waals surface area contributed by atoms with Crippen molar-refractivity contribution in [2.24, 2.45) is 0 Å². The summed E-state index contributed by atoms with van der Waals surface area (Å²) in [6, 6.07) is 0. The minimum absolute atomic E-state index is 0.0543. The summed E-state index contributed by atoms with van der Waals surface area (Å²) in [4.78, 5) is 2.18. The van der Waals surface area contributed by atoms with Crippen LogP contribution in [-0.4, -0.2) is 23.5 Å². The Morgan fingerprint density at radius 3 is 2.83 bits per heavy atom. The van der Waals surface area contributed by atoms with Crippen LogP contribution in [0.4, 0.5) is 8.78 Å². The molecule has 0 aromatic rings. The fourth-order valence-electron chi connectivity index (χ4n) is 2.42. The summed E-state index contributed by atoms with van der Waals surface area (Å²) < 4.78 is 24.5. The molecule has 0 radical (unpaired) electrons. The highest BCUT2D eigenvalue weighted by atomic mass is 19.3. The molecule has 0 bridgehead atoms. The van der Waals surface area contributed by atoms with Crippen LogP contribution in [0.25, 0.3) is 0 Å². The molecule has 2 heterocycles. The van der Waals surface area contributed by atoms with Crippen LogP contribution >= 0.6 is 0 Å². The molecule has 0 aromatic heterocycles. The van der Waals surface area contributed by atoms with Crippen LogP contribution < -0.4 is 0 Å². The van der Waals surface area contributed by atoms with E-state index in [0.717, 1.165) is 19.4 Å². The van der Waals surface area contributed by atoms with Gasteiger partial charge in [0, 0.05) is 17.7 Å². The summed E-state index contributed by atoms with van der Waals surface area (Å²) in [6.07, 6.45) is 1.36. The van der Waals surface area contributed by atoms with E-state index in [4.69, 9.17) is 0 Å². The van der Waals surface area contributed by atoms with Gasteiger partial charge in [-0.25, -0.2) is 0 Å². The van der Waals surface area contributed by atoms with Crippen molar-refractivity contribution >= 4 is 0 Å². The van der Waals surface area contributed by atoms with E-state index in [2.05, 4.69) is 11.8 Å². The number of halogens is 2. The van der Waals surface area contributed by atoms with Gasteiger partial charge < -0.3 is 0 Å². The molecule has 2 fully saturated rings. The second-order valence-corrected chi connectivity index (χ2v) is 4.06. The van der Waals surface area contributed by atoms with Crippen molar-refractivity contribution in [2.45, 2.75) is 31.7 Å². The van der Waals surface area contributed by atoms with Crippen LogP contribution in [0.3, 0.4) is 0 Å². The Labute approximate surface area is 71.0 Å². The Balaban J connectivity index is 2.22. The molecule has 2 saturated heterocycles. The molecule has 3 heteroatoms. The Kier molecular flexibility index (Phi) is 1.72. The number of fused-ring (bicyclic) bond motifs is 1. The molecular weight excluding hydrogens is 160 g/mol. The molecule has 68 valence electrons. The van der Waals surface area contributed by atoms with E-state index in [0.29, 0.717) is 18.5 Å². The maximum absolute atomic E-state index is 12.3. The zero-order valence-corrected chi connectivity index (χ0v) is 7.24. The molecule has 0 saturated carbocycles. The number of rotatable bonds is 0. The maximum Gasteiger partial charge on any atom is 0.270 e. The van der Waals surface area contributed by atoms with Crippen molar-refractivity contribution in [1.82, 2.24) is 4.90 Å². The minimum Gasteiger partial charge on any atom is -0.293 e. The van der Waals surface area contributed by atoms with Crippen LogP contribution in [0.5, 0.6) is 0 Å². The molecule has 0 N–H and O–H groups in total. The van der Waals surface area contributed by atoms with Gasteiger partial charge in [-0.05, 0) is 32.7 Å². The molecule has 2 rings (SSSR count). The van der Waals surface area contributed by atoms with E-state index in [1.165, 1.54) is 0 Å². The zero-order valence-electron chi connectivity index (χ0n) is 7.24. The van der Waals surface area contributed by atoms with Crippen LogP contribution in [-0.2, 0) is 0 Å². The summed E-state index contributed by atoms with van der Waals surface area (Å²) in [5.74, 6) is 0. The normalized spacial score (nSPS) is 35.8. The van der Waals surface area contributed by atoms with Gasteiger partial charge in [-0.2, -0.15) is 8.78 Å². The average Bonchev–Trinajstić information content (AvgIpc) is 2.41. The van der Waals surface area contributed by atoms with Crippen molar-refractivity contribution in [3.63, 3.8) is 0 Å². The van der Waals surface area contributed by atoms with Gasteiger partial charge in [-0.3, -0.25) is 4.90 Å². The van der Waals surface area contributed by atoms with Gasteiger partial charge in [-0.1, -0.05) is 0 Å². The fraction of sp³-hybridized carbons (Fsp3) is 0.778. The highest BCUT2D eigenvalue weighted by Gasteiger charge is 2.43. The molecule has 0 amide bonds. The predicted molar refractivity (Wildman–Crippen MR) is 43.1 cm³/mol. The van der Waals surface area contributed by atoms with Crippen molar-refractivity contribution in [1.29, 1.82) is 0 Å². The van der Waals surface area contributed by atoms with E-state index in [-0.39, 0.29) is 5.54 Å². The van der Waals surface area contributed by atoms with Gasteiger partial charge >= 0.3 is 0 Å². The van der Waals surface area contributed by atoms with E-state index >= 15 is 0 Å². The second kappa shape index (κ2) is 2.52. The van der Waals surface area contributed by atoms with E-state index in [9.17, 15) is 8.78 Å². The first-order valence-electron chi connectivity index (χ1n) is 4.40. The van der Waals surface area contributed by atoms with Crippen LogP contribution in [0.1, 0.15) is 26.2 Å². The van der Waals surface area contributed by atoms with Crippen molar-refractivity contribution in [3.8, 4) is 0 Å². The van der Waals surface area contributed by atoms with Crippen LogP contribution in [0.15, 0.2) is 11.7 Å². The lowest BCUT2D eigenvalue weighted by Crippen LogP contribution is -2.34. The molecule has 2 aliphatic rings. The summed E-state index contributed by atoms with van der Waals surface area (Å²) >= 11 is 0. The average molecular weight is 173 g/mol. The van der Waals surface area contributed by atoms with Crippen molar-refractivity contribution in [2.75, 3.05) is 13.1 Å². The lowest BCUT2D eigenvalue weighted by Gasteiger charge is -2.25. The first-order chi connectivity index (χ1) is 5.62. The van der Waals surface area contributed by atoms with E-state index in [1.807, 2.05) is 0 Å². The van der Waals surface area contributed by atoms with Crippen LogP contribution in [0.2, 0.25) is 0 Å². The molecule has 12 heavy (non-hydrogen) atoms. The Morgan fingerprint density at radius 2 is 2.25 bits per heavy atom. The lowest BCUT2D eigenvalue weighted by molar-refractivity contribution is 0.218.